The molecule has 0 amide bonds. The zero-order chi connectivity index (χ0) is 13.5. The Labute approximate surface area is 112 Å². The minimum absolute atomic E-state index is 0.0358. The largest absolute Gasteiger partial charge is 0.492 e. The van der Waals surface area contributed by atoms with Crippen molar-refractivity contribution < 1.29 is 14.6 Å². The molecule has 4 nitrogen and oxygen atoms in total. The van der Waals surface area contributed by atoms with Gasteiger partial charge in [0.15, 0.2) is 0 Å². The maximum atomic E-state index is 10.9. The Balaban J connectivity index is 2.32. The van der Waals surface area contributed by atoms with Crippen molar-refractivity contribution >= 4 is 17.6 Å². The van der Waals surface area contributed by atoms with Gasteiger partial charge in [0.25, 0.3) is 0 Å². The molecular formula is C13H18ClNO3. The van der Waals surface area contributed by atoms with E-state index in [1.165, 1.54) is 0 Å². The number of hydrogen-bond donors (Lipinski definition) is 2. The van der Waals surface area contributed by atoms with Gasteiger partial charge in [0.2, 0.25) is 0 Å². The molecule has 0 aromatic heterocycles. The number of aliphatic carboxylic acids is 1. The van der Waals surface area contributed by atoms with Gasteiger partial charge in [0, 0.05) is 11.6 Å². The van der Waals surface area contributed by atoms with E-state index in [9.17, 15) is 4.79 Å². The number of carbonyl (C=O) groups is 1. The molecule has 5 heteroatoms. The van der Waals surface area contributed by atoms with E-state index < -0.39 is 12.0 Å². The van der Waals surface area contributed by atoms with Crippen LogP contribution < -0.4 is 10.1 Å². The summed E-state index contributed by atoms with van der Waals surface area (Å²) in [6.45, 7) is 4.60. The predicted molar refractivity (Wildman–Crippen MR) is 71.2 cm³/mol. The van der Waals surface area contributed by atoms with Crippen molar-refractivity contribution in [1.29, 1.82) is 0 Å². The van der Waals surface area contributed by atoms with Crippen molar-refractivity contribution in [3.8, 4) is 5.75 Å². The fourth-order valence-corrected chi connectivity index (χ4v) is 1.73. The van der Waals surface area contributed by atoms with Crippen molar-refractivity contribution in [3.63, 3.8) is 0 Å². The Morgan fingerprint density at radius 3 is 2.78 bits per heavy atom. The fourth-order valence-electron chi connectivity index (χ4n) is 1.55. The number of rotatable bonds is 7. The average Bonchev–Trinajstić information content (AvgIpc) is 2.27. The van der Waals surface area contributed by atoms with E-state index in [4.69, 9.17) is 21.4 Å². The molecule has 0 saturated carbocycles. The van der Waals surface area contributed by atoms with Gasteiger partial charge in [-0.1, -0.05) is 31.5 Å². The summed E-state index contributed by atoms with van der Waals surface area (Å²) in [5, 5.41) is 12.5. The van der Waals surface area contributed by atoms with E-state index in [2.05, 4.69) is 5.32 Å². The average molecular weight is 272 g/mol. The second-order valence-corrected chi connectivity index (χ2v) is 4.76. The Morgan fingerprint density at radius 2 is 2.22 bits per heavy atom. The minimum atomic E-state index is -0.840. The first-order chi connectivity index (χ1) is 8.50. The highest BCUT2D eigenvalue weighted by Crippen LogP contribution is 2.16. The van der Waals surface area contributed by atoms with Crippen LogP contribution in [0.3, 0.4) is 0 Å². The zero-order valence-corrected chi connectivity index (χ0v) is 11.3. The van der Waals surface area contributed by atoms with Gasteiger partial charge >= 0.3 is 5.97 Å². The molecule has 0 saturated heterocycles. The van der Waals surface area contributed by atoms with Crippen LogP contribution >= 0.6 is 11.6 Å². The smallest absolute Gasteiger partial charge is 0.320 e. The second-order valence-electron chi connectivity index (χ2n) is 4.32. The molecule has 0 radical (unpaired) electrons. The summed E-state index contributed by atoms with van der Waals surface area (Å²) in [6.07, 6.45) is 0. The lowest BCUT2D eigenvalue weighted by atomic mass is 10.1. The third-order valence-electron chi connectivity index (χ3n) is 2.46. The minimum Gasteiger partial charge on any atom is -0.492 e. The van der Waals surface area contributed by atoms with Crippen LogP contribution in [0.15, 0.2) is 24.3 Å². The highest BCUT2D eigenvalue weighted by atomic mass is 35.5. The van der Waals surface area contributed by atoms with E-state index in [0.717, 1.165) is 0 Å². The van der Waals surface area contributed by atoms with Gasteiger partial charge in [-0.25, -0.2) is 0 Å². The van der Waals surface area contributed by atoms with Crippen LogP contribution in [0.25, 0.3) is 0 Å². The molecule has 2 N–H and O–H groups in total. The lowest BCUT2D eigenvalue weighted by Gasteiger charge is -2.17. The lowest BCUT2D eigenvalue weighted by molar-refractivity contribution is -0.140. The molecule has 100 valence electrons. The van der Waals surface area contributed by atoms with Gasteiger partial charge in [-0.15, -0.1) is 0 Å². The van der Waals surface area contributed by atoms with Crippen molar-refractivity contribution in [1.82, 2.24) is 5.32 Å². The summed E-state index contributed by atoms with van der Waals surface area (Å²) >= 11 is 5.82. The third-order valence-corrected chi connectivity index (χ3v) is 2.70. The predicted octanol–water partition coefficient (Wildman–Crippen LogP) is 2.42. The SMILES string of the molecule is CC(C)C(NCCOc1cccc(Cl)c1)C(=O)O. The van der Waals surface area contributed by atoms with Crippen molar-refractivity contribution in [2.75, 3.05) is 13.2 Å². The third kappa shape index (κ3) is 4.94. The highest BCUT2D eigenvalue weighted by Gasteiger charge is 2.19. The molecule has 1 aromatic carbocycles. The highest BCUT2D eigenvalue weighted by molar-refractivity contribution is 6.30. The van der Waals surface area contributed by atoms with Crippen LogP contribution in [-0.4, -0.2) is 30.3 Å². The van der Waals surface area contributed by atoms with Crippen LogP contribution in [-0.2, 0) is 4.79 Å². The monoisotopic (exact) mass is 271 g/mol. The molecule has 1 rings (SSSR count). The number of carboxylic acids is 1. The summed E-state index contributed by atoms with van der Waals surface area (Å²) < 4.78 is 5.46. The molecular weight excluding hydrogens is 254 g/mol. The van der Waals surface area contributed by atoms with Gasteiger partial charge in [-0.3, -0.25) is 4.79 Å². The zero-order valence-electron chi connectivity index (χ0n) is 10.5. The standard InChI is InChI=1S/C13H18ClNO3/c1-9(2)12(13(16)17)15-6-7-18-11-5-3-4-10(14)8-11/h3-5,8-9,12,15H,6-7H2,1-2H3,(H,16,17). The summed E-state index contributed by atoms with van der Waals surface area (Å²) in [4.78, 5) is 10.9. The molecule has 0 aliphatic heterocycles. The molecule has 0 bridgehead atoms. The van der Waals surface area contributed by atoms with Gasteiger partial charge in [-0.05, 0) is 24.1 Å². The van der Waals surface area contributed by atoms with Gasteiger partial charge in [-0.2, -0.15) is 0 Å². The number of carboxylic acid groups (broad SMARTS) is 1. The molecule has 1 atom stereocenters. The molecule has 1 aromatic rings. The Kier molecular flexibility index (Phi) is 5.95. The van der Waals surface area contributed by atoms with Gasteiger partial charge < -0.3 is 15.2 Å². The number of hydrogen-bond acceptors (Lipinski definition) is 3. The van der Waals surface area contributed by atoms with E-state index in [0.29, 0.717) is 23.9 Å². The van der Waals surface area contributed by atoms with E-state index >= 15 is 0 Å². The Hall–Kier alpha value is -1.26. The molecule has 0 fully saturated rings. The van der Waals surface area contributed by atoms with E-state index in [-0.39, 0.29) is 5.92 Å². The lowest BCUT2D eigenvalue weighted by Crippen LogP contribution is -2.42. The maximum Gasteiger partial charge on any atom is 0.320 e. The molecule has 0 aliphatic carbocycles. The van der Waals surface area contributed by atoms with Crippen molar-refractivity contribution in [3.05, 3.63) is 29.3 Å². The van der Waals surface area contributed by atoms with Gasteiger partial charge in [0.1, 0.15) is 18.4 Å². The molecule has 0 aliphatic rings. The van der Waals surface area contributed by atoms with Crippen LogP contribution in [0.4, 0.5) is 0 Å². The van der Waals surface area contributed by atoms with Crippen molar-refractivity contribution in [2.45, 2.75) is 19.9 Å². The van der Waals surface area contributed by atoms with Crippen LogP contribution in [0.2, 0.25) is 5.02 Å². The van der Waals surface area contributed by atoms with Crippen molar-refractivity contribution in [2.24, 2.45) is 5.92 Å². The van der Waals surface area contributed by atoms with Gasteiger partial charge in [0.05, 0.1) is 0 Å². The quantitative estimate of drug-likeness (QED) is 0.748. The topological polar surface area (TPSA) is 58.6 Å². The number of halogens is 1. The number of nitrogens with one attached hydrogen (secondary N) is 1. The van der Waals surface area contributed by atoms with E-state index in [1.54, 1.807) is 18.2 Å². The number of ether oxygens (including phenoxy) is 1. The fraction of sp³-hybridized carbons (Fsp3) is 0.462. The van der Waals surface area contributed by atoms with E-state index in [1.807, 2.05) is 19.9 Å². The summed E-state index contributed by atoms with van der Waals surface area (Å²) in [6, 6.07) is 6.56. The first kappa shape index (κ1) is 14.8. The summed E-state index contributed by atoms with van der Waals surface area (Å²) in [5.41, 5.74) is 0. The maximum absolute atomic E-state index is 10.9. The van der Waals surface area contributed by atoms with Crippen LogP contribution in [0.5, 0.6) is 5.75 Å². The first-order valence-electron chi connectivity index (χ1n) is 5.85. The Bertz CT molecular complexity index is 396. The summed E-state index contributed by atoms with van der Waals surface area (Å²) in [7, 11) is 0. The van der Waals surface area contributed by atoms with Crippen LogP contribution in [0.1, 0.15) is 13.8 Å². The molecule has 0 heterocycles. The first-order valence-corrected chi connectivity index (χ1v) is 6.23. The molecule has 0 spiro atoms. The summed E-state index contributed by atoms with van der Waals surface area (Å²) in [5.74, 6) is -0.123. The molecule has 1 unspecified atom stereocenters. The molecule has 18 heavy (non-hydrogen) atoms. The van der Waals surface area contributed by atoms with Crippen LogP contribution in [0, 0.1) is 5.92 Å². The normalized spacial score (nSPS) is 12.4. The number of benzene rings is 1. The Morgan fingerprint density at radius 1 is 1.50 bits per heavy atom. The second kappa shape index (κ2) is 7.24.